The Morgan fingerprint density at radius 3 is 2.42 bits per heavy atom. The van der Waals surface area contributed by atoms with E-state index in [-0.39, 0.29) is 20.4 Å². The largest absolute Gasteiger partial charge is 0.477 e. The van der Waals surface area contributed by atoms with Gasteiger partial charge in [-0.1, -0.05) is 0 Å². The van der Waals surface area contributed by atoms with Gasteiger partial charge in [-0.05, 0) is 0 Å². The first-order chi connectivity index (χ1) is 5.11. The van der Waals surface area contributed by atoms with Gasteiger partial charge in [0.1, 0.15) is 5.56 Å². The van der Waals surface area contributed by atoms with E-state index in [0.717, 1.165) is 6.20 Å². The van der Waals surface area contributed by atoms with Gasteiger partial charge in [-0.15, -0.1) is 0 Å². The molecule has 6 nitrogen and oxygen atoms in total. The molecule has 1 radical (unpaired) electrons. The first kappa shape index (κ1) is 10.8. The number of carbonyl (C=O) groups is 1. The number of carboxylic acid groups (broad SMARTS) is 1. The van der Waals surface area contributed by atoms with E-state index < -0.39 is 22.8 Å². The van der Waals surface area contributed by atoms with E-state index in [1.807, 2.05) is 4.98 Å². The zero-order chi connectivity index (χ0) is 8.43. The smallest absolute Gasteiger partial charge is 0.342 e. The first-order valence-electron chi connectivity index (χ1n) is 2.66. The SMILES string of the molecule is O=C(O)c1c[nH]c(=O)[nH]c1=O.[Re]. The van der Waals surface area contributed by atoms with Gasteiger partial charge in [-0.25, -0.2) is 9.59 Å². The Balaban J connectivity index is 0.00000121. The number of carboxylic acids is 1. The van der Waals surface area contributed by atoms with Gasteiger partial charge in [-0.2, -0.15) is 0 Å². The minimum Gasteiger partial charge on any atom is -0.477 e. The van der Waals surface area contributed by atoms with Crippen LogP contribution in [0.1, 0.15) is 10.4 Å². The van der Waals surface area contributed by atoms with Crippen LogP contribution in [-0.4, -0.2) is 21.0 Å². The molecule has 1 aromatic heterocycles. The van der Waals surface area contributed by atoms with Crippen molar-refractivity contribution in [3.63, 3.8) is 0 Å². The fraction of sp³-hybridized carbons (Fsp3) is 0. The normalized spacial score (nSPS) is 8.67. The van der Waals surface area contributed by atoms with E-state index in [1.54, 1.807) is 4.98 Å². The molecule has 0 amide bonds. The summed E-state index contributed by atoms with van der Waals surface area (Å²) in [7, 11) is 0. The maximum atomic E-state index is 10.6. The van der Waals surface area contributed by atoms with Crippen molar-refractivity contribution in [2.45, 2.75) is 0 Å². The minimum absolute atomic E-state index is 0. The maximum Gasteiger partial charge on any atom is 0.342 e. The molecular formula is C5H4N2O4Re. The summed E-state index contributed by atoms with van der Waals surface area (Å²) < 4.78 is 0. The van der Waals surface area contributed by atoms with Crippen LogP contribution in [0.2, 0.25) is 0 Å². The van der Waals surface area contributed by atoms with E-state index >= 15 is 0 Å². The van der Waals surface area contributed by atoms with Gasteiger partial charge in [-0.3, -0.25) is 9.78 Å². The van der Waals surface area contributed by atoms with Gasteiger partial charge >= 0.3 is 11.7 Å². The van der Waals surface area contributed by atoms with Crippen LogP contribution in [-0.2, 0) is 20.4 Å². The molecule has 0 unspecified atom stereocenters. The van der Waals surface area contributed by atoms with Crippen molar-refractivity contribution in [3.8, 4) is 0 Å². The Morgan fingerprint density at radius 1 is 1.42 bits per heavy atom. The van der Waals surface area contributed by atoms with Crippen LogP contribution in [0.5, 0.6) is 0 Å². The molecule has 0 atom stereocenters. The average Bonchev–Trinajstić information content (AvgIpc) is 1.85. The van der Waals surface area contributed by atoms with Gasteiger partial charge < -0.3 is 10.1 Å². The zero-order valence-electron chi connectivity index (χ0n) is 5.63. The van der Waals surface area contributed by atoms with Gasteiger partial charge in [0.05, 0.1) is 0 Å². The Morgan fingerprint density at radius 2 is 2.00 bits per heavy atom. The molecule has 0 spiro atoms. The van der Waals surface area contributed by atoms with Crippen LogP contribution in [0, 0.1) is 0 Å². The number of aromatic nitrogens is 2. The van der Waals surface area contributed by atoms with Crippen molar-refractivity contribution in [1.29, 1.82) is 0 Å². The van der Waals surface area contributed by atoms with E-state index in [4.69, 9.17) is 5.11 Å². The molecule has 0 aliphatic heterocycles. The van der Waals surface area contributed by atoms with Crippen molar-refractivity contribution >= 4 is 5.97 Å². The van der Waals surface area contributed by atoms with Crippen molar-refractivity contribution in [3.05, 3.63) is 32.6 Å². The van der Waals surface area contributed by atoms with Crippen LogP contribution in [0.4, 0.5) is 0 Å². The Hall–Kier alpha value is -1.19. The number of hydrogen-bond acceptors (Lipinski definition) is 3. The van der Waals surface area contributed by atoms with Crippen LogP contribution in [0.3, 0.4) is 0 Å². The fourth-order valence-electron chi connectivity index (χ4n) is 0.569. The fourth-order valence-corrected chi connectivity index (χ4v) is 0.569. The molecule has 1 aromatic rings. The minimum atomic E-state index is -1.37. The Kier molecular flexibility index (Phi) is 3.60. The van der Waals surface area contributed by atoms with Gasteiger partial charge in [0.2, 0.25) is 0 Å². The van der Waals surface area contributed by atoms with Gasteiger partial charge in [0.25, 0.3) is 5.56 Å². The molecule has 65 valence electrons. The van der Waals surface area contributed by atoms with E-state index in [1.165, 1.54) is 0 Å². The third kappa shape index (κ3) is 2.15. The molecule has 0 aromatic carbocycles. The van der Waals surface area contributed by atoms with E-state index in [2.05, 4.69) is 0 Å². The molecule has 12 heavy (non-hydrogen) atoms. The number of hydrogen-bond donors (Lipinski definition) is 3. The summed E-state index contributed by atoms with van der Waals surface area (Å²) in [5, 5.41) is 8.31. The molecule has 0 bridgehead atoms. The summed E-state index contributed by atoms with van der Waals surface area (Å²) in [4.78, 5) is 35.0. The van der Waals surface area contributed by atoms with Gasteiger partial charge in [0.15, 0.2) is 0 Å². The third-order valence-corrected chi connectivity index (χ3v) is 1.05. The molecule has 1 rings (SSSR count). The summed E-state index contributed by atoms with van der Waals surface area (Å²) in [5.41, 5.74) is -2.11. The zero-order valence-corrected chi connectivity index (χ0v) is 8.34. The van der Waals surface area contributed by atoms with Crippen molar-refractivity contribution in [2.24, 2.45) is 0 Å². The van der Waals surface area contributed by atoms with Crippen LogP contribution in [0.15, 0.2) is 15.8 Å². The van der Waals surface area contributed by atoms with Gasteiger partial charge in [0, 0.05) is 26.6 Å². The van der Waals surface area contributed by atoms with Crippen LogP contribution >= 0.6 is 0 Å². The second kappa shape index (κ2) is 3.99. The second-order valence-corrected chi connectivity index (χ2v) is 1.79. The molecule has 0 aliphatic rings. The summed E-state index contributed by atoms with van der Waals surface area (Å²) in [5.74, 6) is -1.37. The molecule has 7 heteroatoms. The van der Waals surface area contributed by atoms with Crippen LogP contribution < -0.4 is 11.2 Å². The average molecular weight is 342 g/mol. The topological polar surface area (TPSA) is 103 Å². The third-order valence-electron chi connectivity index (χ3n) is 1.05. The predicted octanol–water partition coefficient (Wildman–Crippen LogP) is -1.24. The molecule has 0 saturated heterocycles. The number of nitrogens with one attached hydrogen (secondary N) is 2. The van der Waals surface area contributed by atoms with Crippen molar-refractivity contribution < 1.29 is 30.3 Å². The Bertz CT molecular complexity index is 393. The monoisotopic (exact) mass is 343 g/mol. The summed E-state index contributed by atoms with van der Waals surface area (Å²) in [6.45, 7) is 0. The van der Waals surface area contributed by atoms with Crippen LogP contribution in [0.25, 0.3) is 0 Å². The number of rotatable bonds is 1. The summed E-state index contributed by atoms with van der Waals surface area (Å²) >= 11 is 0. The van der Waals surface area contributed by atoms with E-state index in [9.17, 15) is 14.4 Å². The molecule has 0 aliphatic carbocycles. The quantitative estimate of drug-likeness (QED) is 0.594. The molecular weight excluding hydrogens is 338 g/mol. The number of aromatic carboxylic acids is 1. The summed E-state index contributed by atoms with van der Waals surface area (Å²) in [6, 6.07) is 0. The molecule has 0 fully saturated rings. The summed E-state index contributed by atoms with van der Waals surface area (Å²) in [6.07, 6.45) is 0.851. The molecule has 0 saturated carbocycles. The second-order valence-electron chi connectivity index (χ2n) is 1.79. The van der Waals surface area contributed by atoms with Crippen molar-refractivity contribution in [2.75, 3.05) is 0 Å². The standard InChI is InChI=1S/C5H4N2O4.Re/c8-3-2(4(9)10)1-6-5(11)7-3;/h1H,(H,9,10)(H2,6,7,8,11);. The van der Waals surface area contributed by atoms with E-state index in [0.29, 0.717) is 0 Å². The maximum absolute atomic E-state index is 10.6. The Labute approximate surface area is 79.3 Å². The first-order valence-corrected chi connectivity index (χ1v) is 2.66. The number of aromatic amines is 2. The number of H-pyrrole nitrogens is 2. The molecule has 3 N–H and O–H groups in total. The predicted molar refractivity (Wildman–Crippen MR) is 34.6 cm³/mol. The van der Waals surface area contributed by atoms with Crippen molar-refractivity contribution in [1.82, 2.24) is 9.97 Å². The molecule has 1 heterocycles.